The van der Waals surface area contributed by atoms with Crippen molar-refractivity contribution in [2.75, 3.05) is 26.8 Å². The van der Waals surface area contributed by atoms with E-state index in [-0.39, 0.29) is 35.2 Å². The van der Waals surface area contributed by atoms with E-state index in [0.29, 0.717) is 13.1 Å². The molecule has 0 N–H and O–H groups in total. The van der Waals surface area contributed by atoms with E-state index in [1.165, 1.54) is 7.11 Å². The molecule has 0 bridgehead atoms. The number of carbonyl (C=O) groups excluding carboxylic acids is 2. The van der Waals surface area contributed by atoms with Gasteiger partial charge in [0.25, 0.3) is 0 Å². The van der Waals surface area contributed by atoms with Gasteiger partial charge in [-0.1, -0.05) is 26.8 Å². The topological polar surface area (TPSA) is 70.4 Å². The fraction of sp³-hybridized carbons (Fsp3) is 0.688. The van der Waals surface area contributed by atoms with Gasteiger partial charge >= 0.3 is 0 Å². The van der Waals surface area contributed by atoms with E-state index in [0.717, 1.165) is 6.42 Å². The molecule has 5 heteroatoms. The Kier molecular flexibility index (Phi) is 3.94. The molecule has 1 amide bonds. The van der Waals surface area contributed by atoms with Crippen LogP contribution < -0.4 is 0 Å². The van der Waals surface area contributed by atoms with Crippen molar-refractivity contribution in [2.45, 2.75) is 27.2 Å². The second-order valence-corrected chi connectivity index (χ2v) is 6.82. The number of allylic oxidation sites excluding steroid dienone is 1. The zero-order valence-corrected chi connectivity index (χ0v) is 13.1. The maximum atomic E-state index is 12.4. The molecule has 1 aliphatic carbocycles. The summed E-state index contributed by atoms with van der Waals surface area (Å²) in [5, 5.41) is 9.22. The lowest BCUT2D eigenvalue weighted by atomic mass is 9.55. The predicted molar refractivity (Wildman–Crippen MR) is 77.2 cm³/mol. The molecule has 1 aliphatic heterocycles. The number of nitrogens with zero attached hydrogens (tertiary/aromatic N) is 2. The summed E-state index contributed by atoms with van der Waals surface area (Å²) in [6.45, 7) is 7.09. The Bertz CT molecular complexity index is 544. The standard InChI is InChI=1S/C16H22N2O3/c1-15(2)12-5-6-18(13(19)9-21-4)10-16(12,3)7-11(8-17)14(15)20/h7,12H,5-6,9-10H2,1-4H3/t12-,16+/m1/s1. The number of hydrogen-bond donors (Lipinski definition) is 0. The van der Waals surface area contributed by atoms with Gasteiger partial charge in [0.15, 0.2) is 5.78 Å². The summed E-state index contributed by atoms with van der Waals surface area (Å²) in [7, 11) is 1.50. The number of carbonyl (C=O) groups is 2. The van der Waals surface area contributed by atoms with Crippen LogP contribution in [-0.4, -0.2) is 43.4 Å². The normalized spacial score (nSPS) is 31.2. The first-order valence-corrected chi connectivity index (χ1v) is 7.20. The zero-order valence-electron chi connectivity index (χ0n) is 13.1. The third kappa shape index (κ3) is 2.49. The van der Waals surface area contributed by atoms with Crippen molar-refractivity contribution >= 4 is 11.7 Å². The number of amides is 1. The van der Waals surface area contributed by atoms with E-state index in [9.17, 15) is 14.9 Å². The Hall–Kier alpha value is -1.67. The number of methoxy groups -OCH3 is 1. The minimum absolute atomic E-state index is 0.0428. The van der Waals surface area contributed by atoms with E-state index in [1.807, 2.05) is 26.8 Å². The van der Waals surface area contributed by atoms with Gasteiger partial charge in [-0.15, -0.1) is 0 Å². The van der Waals surface area contributed by atoms with Crippen LogP contribution in [0.1, 0.15) is 27.2 Å². The second kappa shape index (κ2) is 5.27. The second-order valence-electron chi connectivity index (χ2n) is 6.82. The number of rotatable bonds is 2. The molecule has 1 saturated heterocycles. The van der Waals surface area contributed by atoms with Crippen molar-refractivity contribution in [3.05, 3.63) is 11.6 Å². The molecule has 1 fully saturated rings. The van der Waals surface area contributed by atoms with E-state index < -0.39 is 5.41 Å². The summed E-state index contributed by atoms with van der Waals surface area (Å²) < 4.78 is 4.91. The number of likely N-dealkylation sites (tertiary alicyclic amines) is 1. The third-order valence-electron chi connectivity index (χ3n) is 4.93. The molecular weight excluding hydrogens is 268 g/mol. The highest BCUT2D eigenvalue weighted by Crippen LogP contribution is 2.51. The Morgan fingerprint density at radius 3 is 2.76 bits per heavy atom. The van der Waals surface area contributed by atoms with Gasteiger partial charge < -0.3 is 9.64 Å². The average Bonchev–Trinajstić information content (AvgIpc) is 2.42. The van der Waals surface area contributed by atoms with E-state index in [4.69, 9.17) is 4.74 Å². The summed E-state index contributed by atoms with van der Waals surface area (Å²) in [6.07, 6.45) is 2.54. The van der Waals surface area contributed by atoms with Gasteiger partial charge in [-0.25, -0.2) is 0 Å². The van der Waals surface area contributed by atoms with E-state index in [1.54, 1.807) is 11.0 Å². The van der Waals surface area contributed by atoms with Crippen LogP contribution in [0.5, 0.6) is 0 Å². The highest BCUT2D eigenvalue weighted by molar-refractivity contribution is 6.04. The lowest BCUT2D eigenvalue weighted by Gasteiger charge is -2.52. The number of ether oxygens (including phenoxy) is 1. The third-order valence-corrected chi connectivity index (χ3v) is 4.93. The molecule has 0 spiro atoms. The first-order chi connectivity index (χ1) is 9.76. The quantitative estimate of drug-likeness (QED) is 0.773. The molecule has 2 atom stereocenters. The molecule has 0 saturated carbocycles. The predicted octanol–water partition coefficient (Wildman–Crippen LogP) is 1.55. The smallest absolute Gasteiger partial charge is 0.248 e. The Labute approximate surface area is 125 Å². The summed E-state index contributed by atoms with van der Waals surface area (Å²) in [4.78, 5) is 26.2. The maximum Gasteiger partial charge on any atom is 0.248 e. The van der Waals surface area contributed by atoms with Crippen molar-refractivity contribution in [1.29, 1.82) is 5.26 Å². The van der Waals surface area contributed by atoms with Crippen LogP contribution >= 0.6 is 0 Å². The van der Waals surface area contributed by atoms with Crippen molar-refractivity contribution in [2.24, 2.45) is 16.7 Å². The number of fused-ring (bicyclic) bond motifs is 1. The fourth-order valence-electron chi connectivity index (χ4n) is 3.96. The number of ketones is 1. The van der Waals surface area contributed by atoms with Crippen LogP contribution in [0.15, 0.2) is 11.6 Å². The Morgan fingerprint density at radius 2 is 2.19 bits per heavy atom. The van der Waals surface area contributed by atoms with Gasteiger partial charge in [0.05, 0.1) is 5.57 Å². The molecule has 0 aromatic carbocycles. The molecule has 0 aromatic heterocycles. The zero-order chi connectivity index (χ0) is 15.8. The SMILES string of the molecule is COCC(=O)N1CC[C@@H]2C(C)(C)C(=O)C(C#N)=C[C@@]2(C)C1. The number of hydrogen-bond acceptors (Lipinski definition) is 4. The number of piperidine rings is 1. The molecule has 0 unspecified atom stereocenters. The first-order valence-electron chi connectivity index (χ1n) is 7.20. The lowest BCUT2D eigenvalue weighted by molar-refractivity contribution is -0.143. The molecule has 2 aliphatic rings. The highest BCUT2D eigenvalue weighted by atomic mass is 16.5. The van der Waals surface area contributed by atoms with E-state index in [2.05, 4.69) is 0 Å². The lowest BCUT2D eigenvalue weighted by Crippen LogP contribution is -2.57. The van der Waals surface area contributed by atoms with Crippen LogP contribution in [-0.2, 0) is 14.3 Å². The largest absolute Gasteiger partial charge is 0.375 e. The van der Waals surface area contributed by atoms with Crippen LogP contribution in [0.2, 0.25) is 0 Å². The van der Waals surface area contributed by atoms with Gasteiger partial charge in [0.2, 0.25) is 5.91 Å². The summed E-state index contributed by atoms with van der Waals surface area (Å²) in [5.74, 6) is 0.0177. The van der Waals surface area contributed by atoms with Crippen molar-refractivity contribution in [1.82, 2.24) is 4.90 Å². The summed E-state index contributed by atoms with van der Waals surface area (Å²) >= 11 is 0. The minimum Gasteiger partial charge on any atom is -0.375 e. The fourth-order valence-corrected chi connectivity index (χ4v) is 3.96. The van der Waals surface area contributed by atoms with Crippen LogP contribution in [0.3, 0.4) is 0 Å². The Balaban J connectivity index is 2.36. The average molecular weight is 290 g/mol. The molecule has 0 aromatic rings. The van der Waals surface area contributed by atoms with Gasteiger partial charge in [-0.2, -0.15) is 5.26 Å². The molecule has 2 rings (SSSR count). The molecule has 114 valence electrons. The van der Waals surface area contributed by atoms with Gasteiger partial charge in [0.1, 0.15) is 12.7 Å². The van der Waals surface area contributed by atoms with Crippen LogP contribution in [0.4, 0.5) is 0 Å². The summed E-state index contributed by atoms with van der Waals surface area (Å²) in [5.41, 5.74) is -0.686. The molecule has 0 radical (unpaired) electrons. The molecular formula is C16H22N2O3. The molecule has 21 heavy (non-hydrogen) atoms. The van der Waals surface area contributed by atoms with Crippen LogP contribution in [0.25, 0.3) is 0 Å². The molecule has 5 nitrogen and oxygen atoms in total. The van der Waals surface area contributed by atoms with Crippen molar-refractivity contribution < 1.29 is 14.3 Å². The van der Waals surface area contributed by atoms with Crippen LogP contribution in [0, 0.1) is 28.1 Å². The first kappa shape index (κ1) is 15.7. The minimum atomic E-state index is -0.565. The molecule has 1 heterocycles. The monoisotopic (exact) mass is 290 g/mol. The number of Topliss-reactive ketones (excluding diaryl/α,β-unsaturated/α-hetero) is 1. The Morgan fingerprint density at radius 1 is 1.52 bits per heavy atom. The summed E-state index contributed by atoms with van der Waals surface area (Å²) in [6, 6.07) is 2.02. The van der Waals surface area contributed by atoms with Gasteiger partial charge in [0, 0.05) is 31.0 Å². The van der Waals surface area contributed by atoms with Gasteiger partial charge in [-0.3, -0.25) is 9.59 Å². The maximum absolute atomic E-state index is 12.4. The highest BCUT2D eigenvalue weighted by Gasteiger charge is 2.53. The van der Waals surface area contributed by atoms with Gasteiger partial charge in [-0.05, 0) is 12.3 Å². The van der Waals surface area contributed by atoms with E-state index >= 15 is 0 Å². The number of nitriles is 1. The van der Waals surface area contributed by atoms with Crippen molar-refractivity contribution in [3.8, 4) is 6.07 Å². The van der Waals surface area contributed by atoms with Crippen molar-refractivity contribution in [3.63, 3.8) is 0 Å².